The molecule has 0 aromatic rings. The third-order valence-corrected chi connectivity index (χ3v) is 8.92. The Hall–Kier alpha value is -1.57. The van der Waals surface area contributed by atoms with Gasteiger partial charge < -0.3 is 4.74 Å². The molecule has 0 unspecified atom stereocenters. The Kier molecular flexibility index (Phi) is 6.84. The van der Waals surface area contributed by atoms with Gasteiger partial charge in [0.2, 0.25) is 0 Å². The lowest BCUT2D eigenvalue weighted by Crippen LogP contribution is -2.49. The second-order valence-corrected chi connectivity index (χ2v) is 10.2. The highest BCUT2D eigenvalue weighted by Gasteiger charge is 2.56. The van der Waals surface area contributed by atoms with Crippen molar-refractivity contribution in [3.8, 4) is 0 Å². The van der Waals surface area contributed by atoms with Crippen molar-refractivity contribution >= 4 is 5.97 Å². The third kappa shape index (κ3) is 3.76. The number of hydrogen-bond donors (Lipinski definition) is 0. The van der Waals surface area contributed by atoms with Gasteiger partial charge in [0.05, 0.1) is 7.11 Å². The first-order valence-electron chi connectivity index (χ1n) is 12.1. The van der Waals surface area contributed by atoms with E-state index in [1.54, 1.807) is 17.2 Å². The lowest BCUT2D eigenvalue weighted by atomic mass is 9.47. The molecule has 4 aliphatic rings. The first-order chi connectivity index (χ1) is 14.3. The summed E-state index contributed by atoms with van der Waals surface area (Å²) in [5.41, 5.74) is 5.34. The average Bonchev–Trinajstić information content (AvgIpc) is 3.11. The zero-order chi connectivity index (χ0) is 22.1. The molecule has 0 bridgehead atoms. The molecule has 0 aromatic carbocycles. The second kappa shape index (κ2) is 8.89. The summed E-state index contributed by atoms with van der Waals surface area (Å²) in [6.45, 7) is 15.6. The van der Waals surface area contributed by atoms with E-state index < -0.39 is 0 Å². The quantitative estimate of drug-likeness (QED) is 0.275. The molecular weight excluding hydrogens is 368 g/mol. The van der Waals surface area contributed by atoms with Gasteiger partial charge in [-0.25, -0.2) is 4.79 Å². The number of allylic oxidation sites excluding steroid dienone is 6. The highest BCUT2D eigenvalue weighted by molar-refractivity contribution is 5.81. The number of carbonyl (C=O) groups excluding carboxylic acids is 1. The summed E-state index contributed by atoms with van der Waals surface area (Å²) in [5.74, 6) is 2.41. The van der Waals surface area contributed by atoms with Crippen LogP contribution in [0.25, 0.3) is 0 Å². The molecular formula is C28H42O2. The van der Waals surface area contributed by atoms with Gasteiger partial charge in [0.1, 0.15) is 0 Å². The lowest BCUT2D eigenvalue weighted by Gasteiger charge is -2.57. The third-order valence-electron chi connectivity index (χ3n) is 8.92. The van der Waals surface area contributed by atoms with Gasteiger partial charge in [-0.2, -0.15) is 0 Å². The van der Waals surface area contributed by atoms with Gasteiger partial charge in [0.25, 0.3) is 0 Å². The summed E-state index contributed by atoms with van der Waals surface area (Å²) in [6.07, 6.45) is 17.4. The molecule has 30 heavy (non-hydrogen) atoms. The minimum Gasteiger partial charge on any atom is -0.466 e. The minimum atomic E-state index is -0.257. The molecule has 0 N–H and O–H groups in total. The Labute approximate surface area is 184 Å². The van der Waals surface area contributed by atoms with Crippen LogP contribution in [-0.4, -0.2) is 13.1 Å². The van der Waals surface area contributed by atoms with Gasteiger partial charge in [-0.1, -0.05) is 76.1 Å². The highest BCUT2D eigenvalue weighted by Crippen LogP contribution is 2.65. The van der Waals surface area contributed by atoms with Crippen LogP contribution in [0.15, 0.2) is 47.6 Å². The molecule has 0 aromatic heterocycles. The maximum absolute atomic E-state index is 11.5. The van der Waals surface area contributed by atoms with Gasteiger partial charge in [-0.05, 0) is 79.4 Å². The predicted molar refractivity (Wildman–Crippen MR) is 126 cm³/mol. The van der Waals surface area contributed by atoms with Crippen LogP contribution in [0.3, 0.4) is 0 Å². The second-order valence-electron chi connectivity index (χ2n) is 10.2. The van der Waals surface area contributed by atoms with E-state index >= 15 is 0 Å². The average molecular weight is 411 g/mol. The van der Waals surface area contributed by atoms with Crippen molar-refractivity contribution in [1.82, 2.24) is 0 Å². The van der Waals surface area contributed by atoms with Gasteiger partial charge in [-0.3, -0.25) is 0 Å². The molecule has 2 fully saturated rings. The van der Waals surface area contributed by atoms with E-state index in [4.69, 9.17) is 4.74 Å². The minimum absolute atomic E-state index is 0.257. The fourth-order valence-electron chi connectivity index (χ4n) is 7.27. The molecule has 0 spiro atoms. The normalized spacial score (nSPS) is 38.3. The Morgan fingerprint density at radius 2 is 1.90 bits per heavy atom. The van der Waals surface area contributed by atoms with Crippen LogP contribution >= 0.6 is 0 Å². The molecule has 2 nitrogen and oxygen atoms in total. The Bertz CT molecular complexity index is 770. The molecule has 6 atom stereocenters. The molecule has 4 aliphatic carbocycles. The van der Waals surface area contributed by atoms with Crippen molar-refractivity contribution in [3.05, 3.63) is 47.6 Å². The fourth-order valence-corrected chi connectivity index (χ4v) is 7.27. The smallest absolute Gasteiger partial charge is 0.330 e. The van der Waals surface area contributed by atoms with Crippen molar-refractivity contribution in [2.24, 2.45) is 34.5 Å². The zero-order valence-corrected chi connectivity index (χ0v) is 20.1. The van der Waals surface area contributed by atoms with E-state index in [0.29, 0.717) is 11.3 Å². The molecule has 0 radical (unpaired) electrons. The summed E-state index contributed by atoms with van der Waals surface area (Å²) in [5, 5.41) is 0. The molecule has 0 aliphatic heterocycles. The molecule has 2 heteroatoms. The molecule has 0 saturated heterocycles. The lowest BCUT2D eigenvalue weighted by molar-refractivity contribution is -0.134. The number of rotatable bonds is 3. The number of esters is 1. The topological polar surface area (TPSA) is 26.3 Å². The summed E-state index contributed by atoms with van der Waals surface area (Å²) in [6, 6.07) is 0. The van der Waals surface area contributed by atoms with Crippen molar-refractivity contribution in [3.63, 3.8) is 0 Å². The van der Waals surface area contributed by atoms with Crippen molar-refractivity contribution in [1.29, 1.82) is 0 Å². The Balaban J connectivity index is 0.00000124. The summed E-state index contributed by atoms with van der Waals surface area (Å²) < 4.78 is 4.78. The van der Waals surface area contributed by atoms with Gasteiger partial charge in [-0.15, -0.1) is 0 Å². The van der Waals surface area contributed by atoms with Crippen molar-refractivity contribution in [2.45, 2.75) is 79.6 Å². The Morgan fingerprint density at radius 1 is 1.17 bits per heavy atom. The van der Waals surface area contributed by atoms with Gasteiger partial charge in [0.15, 0.2) is 0 Å². The van der Waals surface area contributed by atoms with E-state index in [9.17, 15) is 4.79 Å². The standard InChI is InChI=1S/C26H36O2.C2H6/c1-17-12-14-25(3)19(16-17)7-8-20-22-10-9-21(18(2)6-11-24(27)28-5)26(22,4)15-13-23(20)25;1-2/h6-7,9,11,18,20,22-23H,1,8,10,12-16H2,2-5H3;1-2H3/b11-6+;/t18-,20+,22+,23+,25+,26-;/m1./s1. The van der Waals surface area contributed by atoms with Gasteiger partial charge >= 0.3 is 5.97 Å². The van der Waals surface area contributed by atoms with Crippen LogP contribution in [0, 0.1) is 34.5 Å². The number of methoxy groups -OCH3 is 1. The van der Waals surface area contributed by atoms with E-state index in [1.165, 1.54) is 51.2 Å². The molecule has 166 valence electrons. The predicted octanol–water partition coefficient (Wildman–Crippen LogP) is 7.43. The van der Waals surface area contributed by atoms with E-state index in [0.717, 1.165) is 24.2 Å². The van der Waals surface area contributed by atoms with Crippen LogP contribution in [0.2, 0.25) is 0 Å². The van der Waals surface area contributed by atoms with E-state index in [1.807, 2.05) is 19.9 Å². The van der Waals surface area contributed by atoms with Crippen LogP contribution < -0.4 is 0 Å². The van der Waals surface area contributed by atoms with Crippen molar-refractivity contribution < 1.29 is 9.53 Å². The van der Waals surface area contributed by atoms with Crippen LogP contribution in [0.4, 0.5) is 0 Å². The monoisotopic (exact) mass is 410 g/mol. The maximum atomic E-state index is 11.5. The van der Waals surface area contributed by atoms with Crippen LogP contribution in [0.5, 0.6) is 0 Å². The fraction of sp³-hybridized carbons (Fsp3) is 0.679. The maximum Gasteiger partial charge on any atom is 0.330 e. The SMILES string of the molecule is C=C1CC[C@@]2(C)C(=CC[C@@H]3[C@@H]2CC[C@]2(C)C([C@H](C)/C=C/C(=O)OC)=CC[C@@H]32)C1.CC. The van der Waals surface area contributed by atoms with E-state index in [-0.39, 0.29) is 11.4 Å². The highest BCUT2D eigenvalue weighted by atomic mass is 16.5. The van der Waals surface area contributed by atoms with Crippen molar-refractivity contribution in [2.75, 3.05) is 7.11 Å². The molecule has 0 heterocycles. The molecule has 0 amide bonds. The summed E-state index contributed by atoms with van der Waals surface area (Å²) >= 11 is 0. The van der Waals surface area contributed by atoms with E-state index in [2.05, 4.69) is 39.5 Å². The summed E-state index contributed by atoms with van der Waals surface area (Å²) in [4.78, 5) is 11.5. The van der Waals surface area contributed by atoms with Gasteiger partial charge in [0, 0.05) is 6.08 Å². The first-order valence-corrected chi connectivity index (χ1v) is 12.1. The number of fused-ring (bicyclic) bond motifs is 5. The molecule has 2 saturated carbocycles. The Morgan fingerprint density at radius 3 is 2.60 bits per heavy atom. The number of carbonyl (C=O) groups is 1. The zero-order valence-electron chi connectivity index (χ0n) is 20.1. The largest absolute Gasteiger partial charge is 0.466 e. The number of hydrogen-bond acceptors (Lipinski definition) is 2. The molecule has 4 rings (SSSR count). The first kappa shape index (κ1) is 23.1. The van der Waals surface area contributed by atoms with Crippen LogP contribution in [-0.2, 0) is 9.53 Å². The number of ether oxygens (including phenoxy) is 1. The summed E-state index contributed by atoms with van der Waals surface area (Å²) in [7, 11) is 1.44. The van der Waals surface area contributed by atoms with Crippen LogP contribution in [0.1, 0.15) is 79.6 Å².